The van der Waals surface area contributed by atoms with Crippen LogP contribution in [0.3, 0.4) is 0 Å². The molecule has 1 aromatic heterocycles. The van der Waals surface area contributed by atoms with Gasteiger partial charge in [-0.25, -0.2) is 0 Å². The van der Waals surface area contributed by atoms with Crippen LogP contribution in [-0.2, 0) is 18.9 Å². The number of halogens is 6. The number of nitrogens with zero attached hydrogens (tertiary/aromatic N) is 3. The molecule has 47 heavy (non-hydrogen) atoms. The van der Waals surface area contributed by atoms with Gasteiger partial charge in [0, 0.05) is 68.9 Å². The zero-order chi connectivity index (χ0) is 33.2. The van der Waals surface area contributed by atoms with Gasteiger partial charge in [-0.2, -0.15) is 26.3 Å². The summed E-state index contributed by atoms with van der Waals surface area (Å²) >= 11 is 0. The maximum Gasteiger partial charge on any atom is 0.416 e. The van der Waals surface area contributed by atoms with Crippen LogP contribution in [0.25, 0.3) is 10.9 Å². The number of hydrogen-bond acceptors (Lipinski definition) is 5. The molecular formula is C35H34F6N4O2. The van der Waals surface area contributed by atoms with E-state index in [0.29, 0.717) is 56.9 Å². The Labute approximate surface area is 268 Å². The molecule has 4 aromatic rings. The molecule has 2 saturated heterocycles. The Hall–Kier alpha value is -4.32. The van der Waals surface area contributed by atoms with Crippen LogP contribution in [0.4, 0.5) is 32.0 Å². The van der Waals surface area contributed by atoms with Crippen molar-refractivity contribution in [3.63, 3.8) is 0 Å². The van der Waals surface area contributed by atoms with E-state index in [1.807, 2.05) is 18.2 Å². The molecule has 0 spiro atoms. The highest BCUT2D eigenvalue weighted by Gasteiger charge is 2.31. The van der Waals surface area contributed by atoms with Crippen molar-refractivity contribution in [2.45, 2.75) is 56.7 Å². The first-order valence-corrected chi connectivity index (χ1v) is 15.6. The summed E-state index contributed by atoms with van der Waals surface area (Å²) in [6.07, 6.45) is -4.34. The van der Waals surface area contributed by atoms with E-state index in [4.69, 9.17) is 4.74 Å². The Kier molecular flexibility index (Phi) is 9.32. The van der Waals surface area contributed by atoms with Gasteiger partial charge in [0.15, 0.2) is 0 Å². The van der Waals surface area contributed by atoms with Crippen LogP contribution in [0.2, 0.25) is 0 Å². The van der Waals surface area contributed by atoms with Crippen LogP contribution in [0.15, 0.2) is 79.0 Å². The van der Waals surface area contributed by atoms with Crippen LogP contribution in [0.1, 0.15) is 52.7 Å². The topological polar surface area (TPSA) is 57.7 Å². The number of piperidine rings is 2. The van der Waals surface area contributed by atoms with Crippen molar-refractivity contribution in [1.82, 2.24) is 15.2 Å². The number of amides is 1. The van der Waals surface area contributed by atoms with Gasteiger partial charge in [-0.3, -0.25) is 14.7 Å². The van der Waals surface area contributed by atoms with Gasteiger partial charge in [0.2, 0.25) is 0 Å². The van der Waals surface area contributed by atoms with E-state index in [1.54, 1.807) is 12.3 Å². The zero-order valence-corrected chi connectivity index (χ0v) is 25.5. The summed E-state index contributed by atoms with van der Waals surface area (Å²) < 4.78 is 83.5. The molecule has 1 amide bonds. The van der Waals surface area contributed by atoms with E-state index >= 15 is 0 Å². The lowest BCUT2D eigenvalue weighted by Crippen LogP contribution is -2.44. The van der Waals surface area contributed by atoms with Crippen molar-refractivity contribution in [1.29, 1.82) is 0 Å². The average Bonchev–Trinajstić information content (AvgIpc) is 3.05. The Morgan fingerprint density at radius 3 is 2.02 bits per heavy atom. The summed E-state index contributed by atoms with van der Waals surface area (Å²) in [5, 5.41) is 3.86. The van der Waals surface area contributed by atoms with Crippen molar-refractivity contribution >= 4 is 22.5 Å². The Morgan fingerprint density at radius 2 is 1.40 bits per heavy atom. The predicted octanol–water partition coefficient (Wildman–Crippen LogP) is 7.71. The molecule has 0 saturated carbocycles. The second kappa shape index (κ2) is 13.4. The molecule has 0 atom stereocenters. The van der Waals surface area contributed by atoms with E-state index in [1.165, 1.54) is 24.3 Å². The molecule has 0 radical (unpaired) electrons. The van der Waals surface area contributed by atoms with E-state index in [2.05, 4.69) is 20.1 Å². The molecule has 6 rings (SSSR count). The first-order valence-electron chi connectivity index (χ1n) is 15.6. The standard InChI is InChI=1S/C35H34F6N4O2/c36-34(37,38)26-3-1-23(2-4-26)22-44-15-11-28(12-16-44)43-33(46)25-19-24-20-31(9-10-32(24)42-21-25)47-30-13-17-45(18-14-30)29-7-5-27(6-8-29)35(39,40)41/h1-10,19-21,28,30H,11-18,22H2,(H,43,46). The van der Waals surface area contributed by atoms with Crippen LogP contribution < -0.4 is 15.0 Å². The van der Waals surface area contributed by atoms with Crippen LogP contribution in [0.5, 0.6) is 5.75 Å². The van der Waals surface area contributed by atoms with Crippen LogP contribution in [0, 0.1) is 0 Å². The Bertz CT molecular complexity index is 1680. The molecule has 248 valence electrons. The number of carbonyl (C=O) groups excluding carboxylic acids is 1. The molecule has 2 fully saturated rings. The quantitative estimate of drug-likeness (QED) is 0.207. The highest BCUT2D eigenvalue weighted by molar-refractivity contribution is 5.97. The highest BCUT2D eigenvalue weighted by Crippen LogP contribution is 2.32. The fourth-order valence-electron chi connectivity index (χ4n) is 6.15. The molecule has 0 unspecified atom stereocenters. The number of benzene rings is 3. The minimum atomic E-state index is -4.36. The molecule has 2 aliphatic heterocycles. The van der Waals surface area contributed by atoms with E-state index < -0.39 is 23.5 Å². The lowest BCUT2D eigenvalue weighted by atomic mass is 10.0. The second-order valence-corrected chi connectivity index (χ2v) is 12.1. The van der Waals surface area contributed by atoms with Crippen LogP contribution >= 0.6 is 0 Å². The van der Waals surface area contributed by atoms with Gasteiger partial charge in [-0.05, 0) is 79.1 Å². The summed E-state index contributed by atoms with van der Waals surface area (Å²) in [4.78, 5) is 21.8. The number of carbonyl (C=O) groups is 1. The number of pyridine rings is 1. The van der Waals surface area contributed by atoms with Gasteiger partial charge in [0.05, 0.1) is 22.2 Å². The monoisotopic (exact) mass is 656 g/mol. The van der Waals surface area contributed by atoms with Gasteiger partial charge in [-0.1, -0.05) is 12.1 Å². The van der Waals surface area contributed by atoms with Gasteiger partial charge in [-0.15, -0.1) is 0 Å². The number of rotatable bonds is 7. The highest BCUT2D eigenvalue weighted by atomic mass is 19.4. The van der Waals surface area contributed by atoms with Crippen molar-refractivity contribution in [2.24, 2.45) is 0 Å². The fraction of sp³-hybridized carbons (Fsp3) is 0.371. The molecule has 12 heteroatoms. The van der Waals surface area contributed by atoms with Gasteiger partial charge in [0.1, 0.15) is 11.9 Å². The molecule has 6 nitrogen and oxygen atoms in total. The molecule has 1 N–H and O–H groups in total. The fourth-order valence-corrected chi connectivity index (χ4v) is 6.15. The van der Waals surface area contributed by atoms with Crippen LogP contribution in [-0.4, -0.2) is 54.1 Å². The lowest BCUT2D eigenvalue weighted by Gasteiger charge is -2.34. The third-order valence-electron chi connectivity index (χ3n) is 8.83. The van der Waals surface area contributed by atoms with Crippen molar-refractivity contribution < 1.29 is 35.9 Å². The van der Waals surface area contributed by atoms with E-state index in [-0.39, 0.29) is 18.1 Å². The molecule has 3 heterocycles. The van der Waals surface area contributed by atoms with Gasteiger partial charge < -0.3 is 15.0 Å². The maximum atomic E-state index is 13.1. The minimum Gasteiger partial charge on any atom is -0.490 e. The first kappa shape index (κ1) is 32.6. The molecule has 0 bridgehead atoms. The smallest absolute Gasteiger partial charge is 0.416 e. The lowest BCUT2D eigenvalue weighted by molar-refractivity contribution is -0.138. The second-order valence-electron chi connectivity index (χ2n) is 12.1. The summed E-state index contributed by atoms with van der Waals surface area (Å²) in [5.74, 6) is 0.438. The predicted molar refractivity (Wildman–Crippen MR) is 166 cm³/mol. The Morgan fingerprint density at radius 1 is 0.787 bits per heavy atom. The SMILES string of the molecule is O=C(NC1CCN(Cc2ccc(C(F)(F)F)cc2)CC1)c1cnc2ccc(OC3CCN(c4ccc(C(F)(F)F)cc4)CC3)cc2c1. The number of likely N-dealkylation sites (tertiary alicyclic amines) is 1. The molecule has 2 aliphatic rings. The zero-order valence-electron chi connectivity index (χ0n) is 25.5. The van der Waals surface area contributed by atoms with E-state index in [9.17, 15) is 31.1 Å². The number of hydrogen-bond donors (Lipinski definition) is 1. The molecule has 3 aromatic carbocycles. The summed E-state index contributed by atoms with van der Waals surface area (Å²) in [6, 6.07) is 17.8. The number of anilines is 1. The summed E-state index contributed by atoms with van der Waals surface area (Å²) in [5.41, 5.74) is 1.41. The molecule has 0 aliphatic carbocycles. The van der Waals surface area contributed by atoms with Crippen molar-refractivity contribution in [2.75, 3.05) is 31.1 Å². The third kappa shape index (κ3) is 8.16. The largest absolute Gasteiger partial charge is 0.490 e. The number of ether oxygens (including phenoxy) is 1. The maximum absolute atomic E-state index is 13.1. The number of nitrogens with one attached hydrogen (secondary N) is 1. The minimum absolute atomic E-state index is 0.0230. The van der Waals surface area contributed by atoms with Gasteiger partial charge >= 0.3 is 12.4 Å². The first-order chi connectivity index (χ1) is 22.4. The normalized spacial score (nSPS) is 17.2. The average molecular weight is 657 g/mol. The summed E-state index contributed by atoms with van der Waals surface area (Å²) in [6.45, 7) is 3.29. The molecular weight excluding hydrogens is 622 g/mol. The Balaban J connectivity index is 0.989. The summed E-state index contributed by atoms with van der Waals surface area (Å²) in [7, 11) is 0. The van der Waals surface area contributed by atoms with E-state index in [0.717, 1.165) is 59.3 Å². The van der Waals surface area contributed by atoms with Crippen molar-refractivity contribution in [3.8, 4) is 5.75 Å². The van der Waals surface area contributed by atoms with Gasteiger partial charge in [0.25, 0.3) is 5.91 Å². The van der Waals surface area contributed by atoms with Crippen molar-refractivity contribution in [3.05, 3.63) is 101 Å². The third-order valence-corrected chi connectivity index (χ3v) is 8.83. The number of aromatic nitrogens is 1. The number of fused-ring (bicyclic) bond motifs is 1. The number of alkyl halides is 6.